The molecule has 0 amide bonds. The molecule has 0 spiro atoms. The third-order valence-electron chi connectivity index (χ3n) is 2.93. The van der Waals surface area contributed by atoms with Crippen molar-refractivity contribution in [3.8, 4) is 0 Å². The molecule has 0 saturated heterocycles. The molecule has 0 radical (unpaired) electrons. The molecule has 1 heterocycles. The predicted molar refractivity (Wildman–Crippen MR) is 76.6 cm³/mol. The molecule has 1 aromatic heterocycles. The number of carbonyl (C=O) groups excluding carboxylic acids is 1. The maximum Gasteiger partial charge on any atom is 0.359 e. The summed E-state index contributed by atoms with van der Waals surface area (Å²) in [6.45, 7) is 2.07. The van der Waals surface area contributed by atoms with Crippen molar-refractivity contribution in [3.05, 3.63) is 52.1 Å². The summed E-state index contributed by atoms with van der Waals surface area (Å²) in [6, 6.07) is 6.28. The van der Waals surface area contributed by atoms with Crippen molar-refractivity contribution in [1.29, 1.82) is 0 Å². The Balaban J connectivity index is 2.37. The Kier molecular flexibility index (Phi) is 4.93. The summed E-state index contributed by atoms with van der Waals surface area (Å²) >= 11 is 6.17. The fraction of sp³-hybridized carbons (Fsp3) is 0.286. The number of rotatable bonds is 5. The molecule has 1 aromatic carbocycles. The third kappa shape index (κ3) is 3.22. The average Bonchev–Trinajstić information content (AvgIpc) is 2.78. The highest BCUT2D eigenvalue weighted by atomic mass is 35.5. The van der Waals surface area contributed by atoms with E-state index in [1.807, 2.05) is 0 Å². The molecule has 0 atom stereocenters. The van der Waals surface area contributed by atoms with Crippen LogP contribution in [0, 0.1) is 5.82 Å². The van der Waals surface area contributed by atoms with Crippen LogP contribution < -0.4 is 5.73 Å². The number of halogens is 2. The van der Waals surface area contributed by atoms with Gasteiger partial charge in [-0.25, -0.2) is 13.9 Å². The summed E-state index contributed by atoms with van der Waals surface area (Å²) in [5, 5.41) is 4.31. The van der Waals surface area contributed by atoms with Gasteiger partial charge in [-0.05, 0) is 13.0 Å². The summed E-state index contributed by atoms with van der Waals surface area (Å²) in [6.07, 6.45) is 0. The third-order valence-corrected chi connectivity index (χ3v) is 3.36. The Morgan fingerprint density at radius 2 is 2.19 bits per heavy atom. The Hall–Kier alpha value is -1.92. The summed E-state index contributed by atoms with van der Waals surface area (Å²) in [4.78, 5) is 11.8. The second-order valence-electron chi connectivity index (χ2n) is 4.29. The number of hydrogen-bond donors (Lipinski definition) is 1. The molecule has 0 aliphatic rings. The van der Waals surface area contributed by atoms with Crippen LogP contribution in [0.25, 0.3) is 0 Å². The van der Waals surface area contributed by atoms with Gasteiger partial charge in [0.2, 0.25) is 0 Å². The van der Waals surface area contributed by atoms with Gasteiger partial charge < -0.3 is 10.5 Å². The zero-order chi connectivity index (χ0) is 15.4. The molecule has 2 N–H and O–H groups in total. The predicted octanol–water partition coefficient (Wildman–Crippen LogP) is 2.36. The van der Waals surface area contributed by atoms with Crippen LogP contribution in [0.15, 0.2) is 24.3 Å². The van der Waals surface area contributed by atoms with Crippen molar-refractivity contribution in [2.75, 3.05) is 6.61 Å². The lowest BCUT2D eigenvalue weighted by molar-refractivity contribution is 0.0517. The molecule has 0 aliphatic carbocycles. The molecule has 0 bridgehead atoms. The molecule has 112 valence electrons. The van der Waals surface area contributed by atoms with Crippen molar-refractivity contribution in [1.82, 2.24) is 9.78 Å². The number of carbonyl (C=O) groups is 1. The highest BCUT2D eigenvalue weighted by Gasteiger charge is 2.22. The van der Waals surface area contributed by atoms with Gasteiger partial charge in [-0.15, -0.1) is 0 Å². The van der Waals surface area contributed by atoms with Crippen LogP contribution in [-0.2, 0) is 17.8 Å². The molecule has 2 rings (SSSR count). The molecule has 0 unspecified atom stereocenters. The Morgan fingerprint density at radius 1 is 1.48 bits per heavy atom. The molecule has 0 aliphatic heterocycles. The number of ether oxygens (including phenoxy) is 1. The summed E-state index contributed by atoms with van der Waals surface area (Å²) in [7, 11) is 0. The Morgan fingerprint density at radius 3 is 2.81 bits per heavy atom. The van der Waals surface area contributed by atoms with E-state index in [2.05, 4.69) is 5.10 Å². The molecule has 21 heavy (non-hydrogen) atoms. The second-order valence-corrected chi connectivity index (χ2v) is 4.65. The van der Waals surface area contributed by atoms with Gasteiger partial charge in [0.15, 0.2) is 5.69 Å². The van der Waals surface area contributed by atoms with Crippen LogP contribution in [0.4, 0.5) is 4.39 Å². The largest absolute Gasteiger partial charge is 0.461 e. The lowest BCUT2D eigenvalue weighted by Gasteiger charge is -2.04. The minimum Gasteiger partial charge on any atom is -0.461 e. The molecule has 5 nitrogen and oxygen atoms in total. The van der Waals surface area contributed by atoms with E-state index in [0.29, 0.717) is 11.1 Å². The van der Waals surface area contributed by atoms with E-state index in [9.17, 15) is 9.18 Å². The maximum atomic E-state index is 13.7. The normalized spacial score (nSPS) is 10.7. The first-order valence-corrected chi connectivity index (χ1v) is 6.82. The zero-order valence-corrected chi connectivity index (χ0v) is 12.2. The van der Waals surface area contributed by atoms with Crippen LogP contribution in [0.3, 0.4) is 0 Å². The molecular weight excluding hydrogens is 297 g/mol. The zero-order valence-electron chi connectivity index (χ0n) is 11.5. The fourth-order valence-corrected chi connectivity index (χ4v) is 2.18. The van der Waals surface area contributed by atoms with Crippen LogP contribution in [0.5, 0.6) is 0 Å². The molecular formula is C14H15ClFN3O2. The quantitative estimate of drug-likeness (QED) is 0.861. The number of hydrogen-bond acceptors (Lipinski definition) is 4. The van der Waals surface area contributed by atoms with Gasteiger partial charge in [-0.2, -0.15) is 5.10 Å². The number of nitrogens with two attached hydrogens (primary N) is 1. The van der Waals surface area contributed by atoms with Crippen molar-refractivity contribution >= 4 is 17.6 Å². The second kappa shape index (κ2) is 6.69. The van der Waals surface area contributed by atoms with Crippen molar-refractivity contribution in [2.24, 2.45) is 5.73 Å². The van der Waals surface area contributed by atoms with Crippen molar-refractivity contribution < 1.29 is 13.9 Å². The molecule has 0 saturated carbocycles. The van der Waals surface area contributed by atoms with Gasteiger partial charge in [0, 0.05) is 17.7 Å². The van der Waals surface area contributed by atoms with E-state index in [0.717, 1.165) is 0 Å². The van der Waals surface area contributed by atoms with E-state index in [-0.39, 0.29) is 36.4 Å². The Labute approximate surface area is 126 Å². The molecule has 2 aromatic rings. The van der Waals surface area contributed by atoms with Gasteiger partial charge in [-0.3, -0.25) is 0 Å². The van der Waals surface area contributed by atoms with Crippen molar-refractivity contribution in [2.45, 2.75) is 20.0 Å². The average molecular weight is 312 g/mol. The minimum atomic E-state index is -0.591. The standard InChI is InChI=1S/C14H15ClFN3O2/c1-2-21-14(20)12-10(7-17)13(15)19(18-12)8-9-5-3-4-6-11(9)16/h3-6H,2,7-8,17H2,1H3. The topological polar surface area (TPSA) is 70.1 Å². The summed E-state index contributed by atoms with van der Waals surface area (Å²) < 4.78 is 19.9. The van der Waals surface area contributed by atoms with Gasteiger partial charge in [0.1, 0.15) is 11.0 Å². The summed E-state index contributed by atoms with van der Waals surface area (Å²) in [5.74, 6) is -0.955. The number of esters is 1. The lowest BCUT2D eigenvalue weighted by Crippen LogP contribution is -2.10. The number of nitrogens with zero attached hydrogens (tertiary/aromatic N) is 2. The summed E-state index contributed by atoms with van der Waals surface area (Å²) in [5.41, 5.74) is 6.48. The number of benzene rings is 1. The van der Waals surface area contributed by atoms with Crippen LogP contribution in [0.1, 0.15) is 28.5 Å². The smallest absolute Gasteiger partial charge is 0.359 e. The monoisotopic (exact) mass is 311 g/mol. The van der Waals surface area contributed by atoms with E-state index < -0.39 is 5.97 Å². The van der Waals surface area contributed by atoms with Gasteiger partial charge in [-0.1, -0.05) is 29.8 Å². The first-order chi connectivity index (χ1) is 10.1. The minimum absolute atomic E-state index is 0.0459. The molecule has 0 fully saturated rings. The number of aromatic nitrogens is 2. The van der Waals surface area contributed by atoms with E-state index in [1.165, 1.54) is 10.7 Å². The first kappa shape index (κ1) is 15.5. The van der Waals surface area contributed by atoms with Gasteiger partial charge in [0.25, 0.3) is 0 Å². The van der Waals surface area contributed by atoms with Crippen LogP contribution in [-0.4, -0.2) is 22.4 Å². The Bertz CT molecular complexity index is 658. The highest BCUT2D eigenvalue weighted by molar-refractivity contribution is 6.30. The lowest BCUT2D eigenvalue weighted by atomic mass is 10.2. The first-order valence-electron chi connectivity index (χ1n) is 6.44. The van der Waals surface area contributed by atoms with E-state index >= 15 is 0 Å². The van der Waals surface area contributed by atoms with Gasteiger partial charge >= 0.3 is 5.97 Å². The SMILES string of the molecule is CCOC(=O)c1nn(Cc2ccccc2F)c(Cl)c1CN. The van der Waals surface area contributed by atoms with Crippen LogP contribution >= 0.6 is 11.6 Å². The maximum absolute atomic E-state index is 13.7. The van der Waals surface area contributed by atoms with Crippen LogP contribution in [0.2, 0.25) is 5.15 Å². The van der Waals surface area contributed by atoms with Gasteiger partial charge in [0.05, 0.1) is 13.2 Å². The molecule has 7 heteroatoms. The van der Waals surface area contributed by atoms with E-state index in [1.54, 1.807) is 25.1 Å². The van der Waals surface area contributed by atoms with E-state index in [4.69, 9.17) is 22.1 Å². The van der Waals surface area contributed by atoms with Crippen molar-refractivity contribution in [3.63, 3.8) is 0 Å². The highest BCUT2D eigenvalue weighted by Crippen LogP contribution is 2.22. The fourth-order valence-electron chi connectivity index (χ4n) is 1.92.